The van der Waals surface area contributed by atoms with Gasteiger partial charge in [-0.25, -0.2) is 17.8 Å². The van der Waals surface area contributed by atoms with Crippen LogP contribution in [0.5, 0.6) is 0 Å². The topological polar surface area (TPSA) is 53.5 Å². The quantitative estimate of drug-likeness (QED) is 0.424. The van der Waals surface area contributed by atoms with Crippen molar-refractivity contribution in [1.29, 1.82) is 0 Å². The number of aromatic nitrogens is 1. The third-order valence-corrected chi connectivity index (χ3v) is 9.13. The number of aryl methyl sites for hydroxylation is 1. The molecule has 0 saturated carbocycles. The molecule has 0 radical (unpaired) electrons. The largest absolute Gasteiger partial charge is 0.345 e. The Morgan fingerprint density at radius 1 is 1.03 bits per heavy atom. The van der Waals surface area contributed by atoms with Gasteiger partial charge >= 0.3 is 0 Å². The van der Waals surface area contributed by atoms with Gasteiger partial charge in [-0.3, -0.25) is 0 Å². The summed E-state index contributed by atoms with van der Waals surface area (Å²) in [6.45, 7) is 3.38. The molecule has 0 atom stereocenters. The zero-order valence-corrected chi connectivity index (χ0v) is 20.9. The van der Waals surface area contributed by atoms with Gasteiger partial charge in [-0.05, 0) is 48.4 Å². The molecule has 0 N–H and O–H groups in total. The average Bonchev–Trinajstić information content (AvgIpc) is 3.18. The van der Waals surface area contributed by atoms with E-state index in [-0.39, 0.29) is 15.7 Å². The molecule has 1 saturated heterocycles. The third-order valence-electron chi connectivity index (χ3n) is 5.19. The van der Waals surface area contributed by atoms with Crippen LogP contribution in [0.4, 0.5) is 9.52 Å². The van der Waals surface area contributed by atoms with E-state index in [1.807, 2.05) is 10.3 Å². The molecule has 32 heavy (non-hydrogen) atoms. The van der Waals surface area contributed by atoms with Gasteiger partial charge in [0.05, 0.1) is 10.7 Å². The summed E-state index contributed by atoms with van der Waals surface area (Å²) in [5.41, 5.74) is 2.21. The molecular formula is C21H19Cl3FN3O2S2. The summed E-state index contributed by atoms with van der Waals surface area (Å²) in [5, 5.41) is 3.63. The van der Waals surface area contributed by atoms with Crippen LogP contribution in [-0.4, -0.2) is 43.9 Å². The first-order valence-corrected chi connectivity index (χ1v) is 13.2. The Labute approximate surface area is 205 Å². The number of nitrogens with zero attached hydrogens (tertiary/aromatic N) is 3. The number of rotatable bonds is 5. The fourth-order valence-electron chi connectivity index (χ4n) is 3.53. The lowest BCUT2D eigenvalue weighted by molar-refractivity contribution is 0.384. The minimum absolute atomic E-state index is 0.0693. The molecule has 1 fully saturated rings. The minimum atomic E-state index is -3.73. The van der Waals surface area contributed by atoms with E-state index in [1.54, 1.807) is 13.0 Å². The number of hydrogen-bond acceptors (Lipinski definition) is 5. The zero-order chi connectivity index (χ0) is 23.0. The molecular weight excluding hydrogens is 516 g/mol. The molecule has 11 heteroatoms. The van der Waals surface area contributed by atoms with Gasteiger partial charge in [0.25, 0.3) is 0 Å². The van der Waals surface area contributed by atoms with Crippen molar-refractivity contribution in [3.05, 3.63) is 73.4 Å². The first-order chi connectivity index (χ1) is 15.1. The Kier molecular flexibility index (Phi) is 7.00. The van der Waals surface area contributed by atoms with Crippen LogP contribution in [0.2, 0.25) is 15.1 Å². The van der Waals surface area contributed by atoms with Gasteiger partial charge in [-0.1, -0.05) is 34.8 Å². The first kappa shape index (κ1) is 23.7. The van der Waals surface area contributed by atoms with Crippen LogP contribution in [-0.2, 0) is 16.4 Å². The predicted molar refractivity (Wildman–Crippen MR) is 129 cm³/mol. The van der Waals surface area contributed by atoms with Crippen molar-refractivity contribution >= 4 is 61.3 Å². The van der Waals surface area contributed by atoms with Crippen molar-refractivity contribution in [2.45, 2.75) is 18.2 Å². The Balaban J connectivity index is 1.43. The second-order valence-electron chi connectivity index (χ2n) is 7.50. The molecule has 0 amide bonds. The van der Waals surface area contributed by atoms with Gasteiger partial charge in [0.2, 0.25) is 10.0 Å². The van der Waals surface area contributed by atoms with Crippen LogP contribution in [0.1, 0.15) is 16.8 Å². The van der Waals surface area contributed by atoms with E-state index in [2.05, 4.69) is 4.98 Å². The molecule has 2 aromatic carbocycles. The Morgan fingerprint density at radius 3 is 2.44 bits per heavy atom. The number of hydrogen-bond donors (Lipinski definition) is 0. The number of thiazole rings is 1. The predicted octanol–water partition coefficient (Wildman–Crippen LogP) is 5.65. The Morgan fingerprint density at radius 2 is 1.75 bits per heavy atom. The smallest absolute Gasteiger partial charge is 0.244 e. The fourth-order valence-corrected chi connectivity index (χ4v) is 6.88. The van der Waals surface area contributed by atoms with Gasteiger partial charge in [-0.2, -0.15) is 4.31 Å². The van der Waals surface area contributed by atoms with Crippen LogP contribution >= 0.6 is 46.1 Å². The molecule has 0 bridgehead atoms. The number of benzene rings is 2. The molecule has 170 valence electrons. The van der Waals surface area contributed by atoms with Crippen molar-refractivity contribution in [3.8, 4) is 0 Å². The van der Waals surface area contributed by atoms with Crippen LogP contribution in [0.3, 0.4) is 0 Å². The average molecular weight is 535 g/mol. The lowest BCUT2D eigenvalue weighted by Gasteiger charge is -2.34. The second kappa shape index (κ2) is 9.44. The summed E-state index contributed by atoms with van der Waals surface area (Å²) in [6, 6.07) is 7.40. The van der Waals surface area contributed by atoms with Crippen LogP contribution in [0.25, 0.3) is 0 Å². The summed E-state index contributed by atoms with van der Waals surface area (Å²) < 4.78 is 41.2. The maximum absolute atomic E-state index is 13.6. The minimum Gasteiger partial charge on any atom is -0.345 e. The van der Waals surface area contributed by atoms with E-state index >= 15 is 0 Å². The lowest BCUT2D eigenvalue weighted by Crippen LogP contribution is -2.48. The first-order valence-electron chi connectivity index (χ1n) is 9.73. The lowest BCUT2D eigenvalue weighted by atomic mass is 10.1. The molecule has 3 aromatic rings. The summed E-state index contributed by atoms with van der Waals surface area (Å²) in [5.74, 6) is -0.378. The number of sulfonamides is 1. The van der Waals surface area contributed by atoms with Crippen LogP contribution in [0.15, 0.2) is 40.6 Å². The molecule has 0 unspecified atom stereocenters. The van der Waals surface area contributed by atoms with E-state index in [0.717, 1.165) is 16.4 Å². The SMILES string of the molecule is Cc1cc(S(=O)(=O)N2CCN(c3nc(Cc4cc(F)cc(Cl)c4)cs3)CC2)c(Cl)cc1Cl. The van der Waals surface area contributed by atoms with Crippen molar-refractivity contribution in [1.82, 2.24) is 9.29 Å². The normalized spacial score (nSPS) is 15.3. The van der Waals surface area contributed by atoms with Gasteiger partial charge in [0.15, 0.2) is 5.13 Å². The van der Waals surface area contributed by atoms with E-state index in [4.69, 9.17) is 34.8 Å². The second-order valence-corrected chi connectivity index (χ2v) is 11.5. The molecule has 2 heterocycles. The Hall–Kier alpha value is -1.42. The van der Waals surface area contributed by atoms with Crippen LogP contribution in [0, 0.1) is 12.7 Å². The highest BCUT2D eigenvalue weighted by molar-refractivity contribution is 7.89. The summed E-state index contributed by atoms with van der Waals surface area (Å²) in [7, 11) is -3.73. The fraction of sp³-hybridized carbons (Fsp3) is 0.286. The Bertz CT molecular complexity index is 1240. The van der Waals surface area contributed by atoms with Crippen LogP contribution < -0.4 is 4.90 Å². The van der Waals surface area contributed by atoms with Gasteiger partial charge < -0.3 is 4.90 Å². The van der Waals surface area contributed by atoms with E-state index < -0.39 is 10.0 Å². The third kappa shape index (κ3) is 5.05. The molecule has 0 aliphatic carbocycles. The number of anilines is 1. The summed E-state index contributed by atoms with van der Waals surface area (Å²) in [4.78, 5) is 6.76. The molecule has 4 rings (SSSR count). The molecule has 5 nitrogen and oxygen atoms in total. The van der Waals surface area contributed by atoms with Crippen molar-refractivity contribution in [2.75, 3.05) is 31.1 Å². The number of halogens is 4. The number of piperazine rings is 1. The molecule has 0 spiro atoms. The monoisotopic (exact) mass is 533 g/mol. The van der Waals surface area contributed by atoms with Crippen molar-refractivity contribution in [3.63, 3.8) is 0 Å². The van der Waals surface area contributed by atoms with Gasteiger partial charge in [0.1, 0.15) is 10.7 Å². The summed E-state index contributed by atoms with van der Waals surface area (Å²) in [6.07, 6.45) is 0.469. The maximum atomic E-state index is 13.6. The van der Waals surface area contributed by atoms with Crippen molar-refractivity contribution < 1.29 is 12.8 Å². The van der Waals surface area contributed by atoms with Gasteiger partial charge in [-0.15, -0.1) is 11.3 Å². The summed E-state index contributed by atoms with van der Waals surface area (Å²) >= 11 is 19.6. The van der Waals surface area contributed by atoms with E-state index in [0.29, 0.717) is 48.2 Å². The highest BCUT2D eigenvalue weighted by atomic mass is 35.5. The maximum Gasteiger partial charge on any atom is 0.244 e. The van der Waals surface area contributed by atoms with E-state index in [9.17, 15) is 12.8 Å². The molecule has 1 aliphatic heterocycles. The zero-order valence-electron chi connectivity index (χ0n) is 17.0. The molecule has 1 aromatic heterocycles. The molecule has 1 aliphatic rings. The highest BCUT2D eigenvalue weighted by Gasteiger charge is 2.31. The van der Waals surface area contributed by atoms with Crippen molar-refractivity contribution in [2.24, 2.45) is 0 Å². The van der Waals surface area contributed by atoms with Gasteiger partial charge in [0, 0.05) is 48.0 Å². The highest BCUT2D eigenvalue weighted by Crippen LogP contribution is 2.31. The standard InChI is InChI=1S/C21H19Cl3FN3O2S2/c1-13-6-20(19(24)11-18(13)23)32(29,30)28-4-2-27(3-5-28)21-26-17(12-31-21)9-14-7-15(22)10-16(25)8-14/h6-8,10-12H,2-5,9H2,1H3. The van der Waals surface area contributed by atoms with E-state index in [1.165, 1.54) is 39.9 Å².